The third-order valence-electron chi connectivity index (χ3n) is 4.75. The molecule has 1 aliphatic carbocycles. The first-order chi connectivity index (χ1) is 13.6. The van der Waals surface area contributed by atoms with Crippen LogP contribution in [0.3, 0.4) is 0 Å². The summed E-state index contributed by atoms with van der Waals surface area (Å²) < 4.78 is 19.7. The molecule has 0 saturated heterocycles. The van der Waals surface area contributed by atoms with Crippen molar-refractivity contribution in [2.24, 2.45) is 0 Å². The minimum absolute atomic E-state index is 0.0323. The number of fused-ring (bicyclic) bond motifs is 1. The van der Waals surface area contributed by atoms with Crippen molar-refractivity contribution in [1.29, 1.82) is 0 Å². The lowest BCUT2D eigenvalue weighted by Crippen LogP contribution is -2.22. The van der Waals surface area contributed by atoms with Crippen LogP contribution in [-0.2, 0) is 6.42 Å². The maximum atomic E-state index is 14.3. The molecule has 0 atom stereocenters. The van der Waals surface area contributed by atoms with Crippen LogP contribution in [0.15, 0.2) is 24.4 Å². The molecule has 2 aromatic rings. The monoisotopic (exact) mass is 387 g/mol. The smallest absolute Gasteiger partial charge is 0.257 e. The Morgan fingerprint density at radius 3 is 2.93 bits per heavy atom. The van der Waals surface area contributed by atoms with E-state index in [-0.39, 0.29) is 11.5 Å². The molecule has 0 bridgehead atoms. The quantitative estimate of drug-likeness (QED) is 0.573. The number of ketones is 1. The molecule has 0 unspecified atom stereocenters. The number of rotatable bonds is 9. The number of ether oxygens (including phenoxy) is 1. The zero-order chi connectivity index (χ0) is 19.9. The second-order valence-corrected chi connectivity index (χ2v) is 6.88. The van der Waals surface area contributed by atoms with Gasteiger partial charge in [-0.15, -0.1) is 0 Å². The van der Waals surface area contributed by atoms with Gasteiger partial charge in [-0.05, 0) is 37.9 Å². The largest absolute Gasteiger partial charge is 0.489 e. The Bertz CT molecular complexity index is 847. The van der Waals surface area contributed by atoms with E-state index in [1.54, 1.807) is 12.3 Å². The Hall–Kier alpha value is -2.67. The van der Waals surface area contributed by atoms with Crippen molar-refractivity contribution in [1.82, 2.24) is 10.3 Å². The highest BCUT2D eigenvalue weighted by atomic mass is 19.1. The van der Waals surface area contributed by atoms with Crippen LogP contribution in [0, 0.1) is 5.82 Å². The van der Waals surface area contributed by atoms with Crippen LogP contribution in [0.25, 0.3) is 0 Å². The van der Waals surface area contributed by atoms with Crippen molar-refractivity contribution in [3.8, 4) is 5.75 Å². The molecule has 1 aliphatic rings. The van der Waals surface area contributed by atoms with E-state index >= 15 is 0 Å². The molecule has 150 valence electrons. The van der Waals surface area contributed by atoms with Crippen LogP contribution in [0.5, 0.6) is 5.75 Å². The maximum absolute atomic E-state index is 14.3. The highest BCUT2D eigenvalue weighted by molar-refractivity contribution is 6.13. The van der Waals surface area contributed by atoms with Crippen LogP contribution in [-0.4, -0.2) is 36.4 Å². The Morgan fingerprint density at radius 2 is 2.14 bits per heavy atom. The van der Waals surface area contributed by atoms with E-state index in [0.717, 1.165) is 37.9 Å². The fourth-order valence-corrected chi connectivity index (χ4v) is 3.27. The third kappa shape index (κ3) is 4.78. The summed E-state index contributed by atoms with van der Waals surface area (Å²) in [6.45, 7) is 4.05. The van der Waals surface area contributed by atoms with Gasteiger partial charge >= 0.3 is 0 Å². The average molecular weight is 387 g/mol. The van der Waals surface area contributed by atoms with Gasteiger partial charge in [0.25, 0.3) is 5.91 Å². The van der Waals surface area contributed by atoms with Crippen LogP contribution < -0.4 is 15.4 Å². The van der Waals surface area contributed by atoms with E-state index in [0.29, 0.717) is 36.4 Å². The number of aryl methyl sites for hydroxylation is 1. The average Bonchev–Trinajstić information content (AvgIpc) is 3.12. The maximum Gasteiger partial charge on any atom is 0.257 e. The normalized spacial score (nSPS) is 13.3. The van der Waals surface area contributed by atoms with Crippen molar-refractivity contribution in [2.45, 2.75) is 39.0 Å². The summed E-state index contributed by atoms with van der Waals surface area (Å²) in [5.74, 6) is -0.862. The first-order valence-electron chi connectivity index (χ1n) is 9.78. The number of halogens is 1. The molecule has 3 N–H and O–H groups in total. The van der Waals surface area contributed by atoms with Gasteiger partial charge in [0, 0.05) is 36.6 Å². The summed E-state index contributed by atoms with van der Waals surface area (Å²) >= 11 is 0. The molecular formula is C21H26FN3O3. The molecular weight excluding hydrogens is 361 g/mol. The number of hydrogen-bond acceptors (Lipinski definition) is 4. The molecule has 3 rings (SSSR count). The van der Waals surface area contributed by atoms with E-state index in [2.05, 4.69) is 22.5 Å². The van der Waals surface area contributed by atoms with Gasteiger partial charge in [-0.3, -0.25) is 9.59 Å². The van der Waals surface area contributed by atoms with Gasteiger partial charge < -0.3 is 20.4 Å². The van der Waals surface area contributed by atoms with Crippen LogP contribution in [0.1, 0.15) is 59.0 Å². The molecule has 0 fully saturated rings. The number of hydrogen-bond donors (Lipinski definition) is 3. The van der Waals surface area contributed by atoms with Crippen LogP contribution in [0.4, 0.5) is 10.1 Å². The van der Waals surface area contributed by atoms with Gasteiger partial charge in [-0.1, -0.05) is 13.3 Å². The van der Waals surface area contributed by atoms with Crippen molar-refractivity contribution in [3.05, 3.63) is 47.0 Å². The predicted octanol–water partition coefficient (Wildman–Crippen LogP) is 3.69. The number of aromatic nitrogens is 1. The molecule has 1 aromatic heterocycles. The molecule has 0 radical (unpaired) electrons. The number of nitrogens with one attached hydrogen (secondary N) is 3. The Morgan fingerprint density at radius 1 is 1.29 bits per heavy atom. The van der Waals surface area contributed by atoms with Gasteiger partial charge in [-0.25, -0.2) is 4.39 Å². The standard InChI is InChI=1S/C21H26FN3O3/c1-2-3-9-23-10-11-28-19-8-7-14(12-16(19)22)25-21(27)15-13-24-17-5-4-6-18(26)20(15)17/h7-8,12-13,23-24H,2-6,9-11H2,1H3,(H,25,27). The minimum Gasteiger partial charge on any atom is -0.489 e. The van der Waals surface area contributed by atoms with Gasteiger partial charge in [-0.2, -0.15) is 0 Å². The number of benzene rings is 1. The molecule has 6 nitrogen and oxygen atoms in total. The Labute approximate surface area is 163 Å². The number of amides is 1. The first kappa shape index (κ1) is 20.1. The van der Waals surface area contributed by atoms with E-state index in [9.17, 15) is 14.0 Å². The summed E-state index contributed by atoms with van der Waals surface area (Å²) in [5, 5.41) is 5.88. The van der Waals surface area contributed by atoms with Crippen molar-refractivity contribution >= 4 is 17.4 Å². The zero-order valence-corrected chi connectivity index (χ0v) is 16.1. The SMILES string of the molecule is CCCCNCCOc1ccc(NC(=O)c2c[nH]c3c2C(=O)CCC3)cc1F. The highest BCUT2D eigenvalue weighted by Gasteiger charge is 2.26. The number of Topliss-reactive ketones (excluding diaryl/α,β-unsaturated/α-hetero) is 1. The molecule has 0 aliphatic heterocycles. The van der Waals surface area contributed by atoms with Crippen LogP contribution >= 0.6 is 0 Å². The van der Waals surface area contributed by atoms with Gasteiger partial charge in [0.05, 0.1) is 11.1 Å². The Balaban J connectivity index is 1.58. The molecule has 1 aromatic carbocycles. The van der Waals surface area contributed by atoms with Gasteiger partial charge in [0.15, 0.2) is 17.3 Å². The van der Waals surface area contributed by atoms with Crippen molar-refractivity contribution in [3.63, 3.8) is 0 Å². The van der Waals surface area contributed by atoms with Crippen LogP contribution in [0.2, 0.25) is 0 Å². The highest BCUT2D eigenvalue weighted by Crippen LogP contribution is 2.26. The summed E-state index contributed by atoms with van der Waals surface area (Å²) in [4.78, 5) is 27.7. The zero-order valence-electron chi connectivity index (χ0n) is 16.1. The molecule has 0 spiro atoms. The number of aromatic amines is 1. The summed E-state index contributed by atoms with van der Waals surface area (Å²) in [5.41, 5.74) is 1.87. The lowest BCUT2D eigenvalue weighted by Gasteiger charge is -2.12. The second kappa shape index (κ2) is 9.50. The molecule has 7 heteroatoms. The lowest BCUT2D eigenvalue weighted by molar-refractivity contribution is 0.0956. The molecule has 1 amide bonds. The number of H-pyrrole nitrogens is 1. The van der Waals surface area contributed by atoms with E-state index in [1.807, 2.05) is 0 Å². The molecule has 0 saturated carbocycles. The fraction of sp³-hybridized carbons (Fsp3) is 0.429. The number of unbranched alkanes of at least 4 members (excludes halogenated alkanes) is 1. The number of anilines is 1. The van der Waals surface area contributed by atoms with Crippen molar-refractivity contribution in [2.75, 3.05) is 25.0 Å². The lowest BCUT2D eigenvalue weighted by atomic mass is 9.93. The van der Waals surface area contributed by atoms with E-state index in [4.69, 9.17) is 4.74 Å². The number of carbonyl (C=O) groups excluding carboxylic acids is 2. The predicted molar refractivity (Wildman–Crippen MR) is 106 cm³/mol. The number of carbonyl (C=O) groups is 2. The fourth-order valence-electron chi connectivity index (χ4n) is 3.27. The summed E-state index contributed by atoms with van der Waals surface area (Å²) in [6, 6.07) is 4.30. The first-order valence-corrected chi connectivity index (χ1v) is 9.78. The van der Waals surface area contributed by atoms with Gasteiger partial charge in [0.2, 0.25) is 0 Å². The topological polar surface area (TPSA) is 83.2 Å². The summed E-state index contributed by atoms with van der Waals surface area (Å²) in [6.07, 6.45) is 5.74. The molecule has 28 heavy (non-hydrogen) atoms. The van der Waals surface area contributed by atoms with E-state index in [1.165, 1.54) is 12.1 Å². The van der Waals surface area contributed by atoms with Crippen molar-refractivity contribution < 1.29 is 18.7 Å². The minimum atomic E-state index is -0.543. The second-order valence-electron chi connectivity index (χ2n) is 6.88. The third-order valence-corrected chi connectivity index (χ3v) is 4.75. The van der Waals surface area contributed by atoms with Gasteiger partial charge in [0.1, 0.15) is 6.61 Å². The molecule has 1 heterocycles. The van der Waals surface area contributed by atoms with E-state index < -0.39 is 11.7 Å². The Kier molecular flexibility index (Phi) is 6.81. The summed E-state index contributed by atoms with van der Waals surface area (Å²) in [7, 11) is 0.